The minimum atomic E-state index is 0.626. The summed E-state index contributed by atoms with van der Waals surface area (Å²) in [5.41, 5.74) is 9.63. The lowest BCUT2D eigenvalue weighted by atomic mass is 10.0. The molecule has 11 rings (SSSR count). The molecule has 0 aliphatic rings. The first-order chi connectivity index (χ1) is 26.8. The molecule has 0 aliphatic heterocycles. The van der Waals surface area contributed by atoms with Crippen LogP contribution in [0.25, 0.3) is 99.9 Å². The van der Waals surface area contributed by atoms with Gasteiger partial charge in [0, 0.05) is 43.9 Å². The Morgan fingerprint density at radius 3 is 1.44 bits per heavy atom. The van der Waals surface area contributed by atoms with Gasteiger partial charge in [0.05, 0.1) is 27.8 Å². The fourth-order valence-electron chi connectivity index (χ4n) is 8.09. The average Bonchev–Trinajstić information content (AvgIpc) is 3.75. The van der Waals surface area contributed by atoms with Crippen LogP contribution < -0.4 is 0 Å². The first-order valence-electron chi connectivity index (χ1n) is 18.2. The molecule has 0 unspecified atom stereocenters. The second-order valence-corrected chi connectivity index (χ2v) is 13.7. The fourth-order valence-corrected chi connectivity index (χ4v) is 8.09. The monoisotopic (exact) mass is 689 g/mol. The van der Waals surface area contributed by atoms with E-state index in [1.165, 1.54) is 43.4 Å². The van der Waals surface area contributed by atoms with Gasteiger partial charge in [-0.05, 0) is 65.4 Å². The number of fused-ring (bicyclic) bond motifs is 7. The van der Waals surface area contributed by atoms with Crippen LogP contribution in [0.15, 0.2) is 188 Å². The molecule has 0 fully saturated rings. The predicted octanol–water partition coefficient (Wildman–Crippen LogP) is 12.2. The Morgan fingerprint density at radius 1 is 0.315 bits per heavy atom. The van der Waals surface area contributed by atoms with Gasteiger partial charge >= 0.3 is 0 Å². The van der Waals surface area contributed by atoms with Gasteiger partial charge in [-0.15, -0.1) is 0 Å². The fraction of sp³-hybridized carbons (Fsp3) is 0. The van der Waals surface area contributed by atoms with E-state index in [-0.39, 0.29) is 0 Å². The molecule has 0 spiro atoms. The standard InChI is InChI=1S/C49H31N5/c1-3-15-32(16-4-1)47-50-48(33-17-5-2-6-18-33)52-49(51-47)40-22-10-14-26-45(40)54-44-25-13-9-21-39(44)41-30-35-29-36(28-27-34(35)31-46(41)54)53-42-23-11-7-19-37(42)38-20-8-12-24-43(38)53/h1-31H. The summed E-state index contributed by atoms with van der Waals surface area (Å²) in [5.74, 6) is 1.91. The minimum absolute atomic E-state index is 0.626. The van der Waals surface area contributed by atoms with Crippen LogP contribution in [0.2, 0.25) is 0 Å². The number of para-hydroxylation sites is 4. The van der Waals surface area contributed by atoms with Crippen molar-refractivity contribution in [3.8, 4) is 45.5 Å². The maximum absolute atomic E-state index is 5.12. The quantitative estimate of drug-likeness (QED) is 0.181. The first kappa shape index (κ1) is 30.3. The van der Waals surface area contributed by atoms with Crippen LogP contribution in [0, 0.1) is 0 Å². The van der Waals surface area contributed by atoms with Crippen LogP contribution in [0.5, 0.6) is 0 Å². The zero-order valence-electron chi connectivity index (χ0n) is 29.1. The second-order valence-electron chi connectivity index (χ2n) is 13.7. The molecule has 3 heterocycles. The molecule has 0 saturated carbocycles. The molecule has 54 heavy (non-hydrogen) atoms. The summed E-state index contributed by atoms with van der Waals surface area (Å²) < 4.78 is 4.75. The molecule has 5 heteroatoms. The number of benzene rings is 8. The lowest BCUT2D eigenvalue weighted by Crippen LogP contribution is -2.03. The van der Waals surface area contributed by atoms with E-state index in [4.69, 9.17) is 15.0 Å². The molecule has 0 radical (unpaired) electrons. The molecule has 0 aliphatic carbocycles. The van der Waals surface area contributed by atoms with Crippen molar-refractivity contribution in [2.24, 2.45) is 0 Å². The molecule has 0 saturated heterocycles. The van der Waals surface area contributed by atoms with Crippen molar-refractivity contribution in [1.29, 1.82) is 0 Å². The highest BCUT2D eigenvalue weighted by Crippen LogP contribution is 2.39. The van der Waals surface area contributed by atoms with Crippen LogP contribution in [0.3, 0.4) is 0 Å². The van der Waals surface area contributed by atoms with Gasteiger partial charge in [-0.2, -0.15) is 0 Å². The lowest BCUT2D eigenvalue weighted by molar-refractivity contribution is 1.06. The van der Waals surface area contributed by atoms with Crippen molar-refractivity contribution in [3.63, 3.8) is 0 Å². The van der Waals surface area contributed by atoms with Gasteiger partial charge in [-0.3, -0.25) is 0 Å². The van der Waals surface area contributed by atoms with Gasteiger partial charge in [0.1, 0.15) is 0 Å². The molecule has 8 aromatic carbocycles. The SMILES string of the molecule is c1ccc(-c2nc(-c3ccccc3)nc(-c3ccccc3-n3c4ccccc4c4cc5cc(-n6c7ccccc7c7ccccc76)ccc5cc43)n2)cc1. The van der Waals surface area contributed by atoms with Crippen LogP contribution >= 0.6 is 0 Å². The number of nitrogens with zero attached hydrogens (tertiary/aromatic N) is 5. The molecule has 0 bridgehead atoms. The van der Waals surface area contributed by atoms with Gasteiger partial charge in [-0.25, -0.2) is 15.0 Å². The normalized spacial score (nSPS) is 11.7. The topological polar surface area (TPSA) is 48.5 Å². The number of aromatic nitrogens is 5. The highest BCUT2D eigenvalue weighted by Gasteiger charge is 2.20. The van der Waals surface area contributed by atoms with E-state index >= 15 is 0 Å². The number of hydrogen-bond acceptors (Lipinski definition) is 3. The minimum Gasteiger partial charge on any atom is -0.309 e. The maximum Gasteiger partial charge on any atom is 0.166 e. The third kappa shape index (κ3) is 4.76. The Labute approximate surface area is 311 Å². The van der Waals surface area contributed by atoms with E-state index in [1.807, 2.05) is 60.7 Å². The molecule has 0 amide bonds. The highest BCUT2D eigenvalue weighted by molar-refractivity contribution is 6.14. The van der Waals surface area contributed by atoms with Gasteiger partial charge in [-0.1, -0.05) is 133 Å². The summed E-state index contributed by atoms with van der Waals surface area (Å²) in [6.45, 7) is 0. The van der Waals surface area contributed by atoms with E-state index in [2.05, 4.69) is 137 Å². The molecule has 252 valence electrons. The van der Waals surface area contributed by atoms with Crippen molar-refractivity contribution >= 4 is 54.4 Å². The Balaban J connectivity index is 1.13. The van der Waals surface area contributed by atoms with Gasteiger partial charge in [0.15, 0.2) is 17.5 Å². The van der Waals surface area contributed by atoms with Crippen molar-refractivity contribution in [3.05, 3.63) is 188 Å². The largest absolute Gasteiger partial charge is 0.309 e. The number of hydrogen-bond donors (Lipinski definition) is 0. The summed E-state index contributed by atoms with van der Waals surface area (Å²) in [6.07, 6.45) is 0. The van der Waals surface area contributed by atoms with Crippen molar-refractivity contribution in [2.45, 2.75) is 0 Å². The third-order valence-corrected chi connectivity index (χ3v) is 10.5. The Hall–Kier alpha value is -7.37. The lowest BCUT2D eigenvalue weighted by Gasteiger charge is -2.15. The Bertz CT molecular complexity index is 3100. The molecule has 0 atom stereocenters. The molecule has 3 aromatic heterocycles. The van der Waals surface area contributed by atoms with Gasteiger partial charge in [0.2, 0.25) is 0 Å². The summed E-state index contributed by atoms with van der Waals surface area (Å²) in [6, 6.07) is 66.2. The van der Waals surface area contributed by atoms with Crippen LogP contribution in [0.4, 0.5) is 0 Å². The van der Waals surface area contributed by atoms with E-state index in [9.17, 15) is 0 Å². The summed E-state index contributed by atoms with van der Waals surface area (Å²) in [5, 5.41) is 7.27. The van der Waals surface area contributed by atoms with Gasteiger partial charge in [0.25, 0.3) is 0 Å². The number of rotatable bonds is 5. The van der Waals surface area contributed by atoms with E-state index < -0.39 is 0 Å². The molecular formula is C49H31N5. The Kier molecular flexibility index (Phi) is 6.79. The van der Waals surface area contributed by atoms with E-state index in [1.54, 1.807) is 0 Å². The molecule has 5 nitrogen and oxygen atoms in total. The third-order valence-electron chi connectivity index (χ3n) is 10.5. The summed E-state index contributed by atoms with van der Waals surface area (Å²) >= 11 is 0. The predicted molar refractivity (Wildman–Crippen MR) is 222 cm³/mol. The molecular weight excluding hydrogens is 659 g/mol. The van der Waals surface area contributed by atoms with Crippen molar-refractivity contribution in [1.82, 2.24) is 24.1 Å². The smallest absolute Gasteiger partial charge is 0.166 e. The van der Waals surface area contributed by atoms with Crippen LogP contribution in [0.1, 0.15) is 0 Å². The van der Waals surface area contributed by atoms with Crippen LogP contribution in [-0.4, -0.2) is 24.1 Å². The average molecular weight is 690 g/mol. The maximum atomic E-state index is 5.12. The second kappa shape index (κ2) is 12.1. The van der Waals surface area contributed by atoms with Crippen molar-refractivity contribution in [2.75, 3.05) is 0 Å². The zero-order chi connectivity index (χ0) is 35.6. The van der Waals surface area contributed by atoms with E-state index in [0.717, 1.165) is 39.1 Å². The summed E-state index contributed by atoms with van der Waals surface area (Å²) in [7, 11) is 0. The summed E-state index contributed by atoms with van der Waals surface area (Å²) in [4.78, 5) is 15.2. The molecule has 11 aromatic rings. The van der Waals surface area contributed by atoms with E-state index in [0.29, 0.717) is 17.5 Å². The van der Waals surface area contributed by atoms with Crippen molar-refractivity contribution < 1.29 is 0 Å². The van der Waals surface area contributed by atoms with Gasteiger partial charge < -0.3 is 9.13 Å². The zero-order valence-corrected chi connectivity index (χ0v) is 29.1. The van der Waals surface area contributed by atoms with Crippen LogP contribution in [-0.2, 0) is 0 Å². The Morgan fingerprint density at radius 2 is 0.815 bits per heavy atom. The first-order valence-corrected chi connectivity index (χ1v) is 18.2. The molecule has 0 N–H and O–H groups in total. The highest BCUT2D eigenvalue weighted by atomic mass is 15.1.